The van der Waals surface area contributed by atoms with Gasteiger partial charge in [-0.3, -0.25) is 4.79 Å². The van der Waals surface area contributed by atoms with E-state index in [0.29, 0.717) is 24.2 Å². The van der Waals surface area contributed by atoms with Gasteiger partial charge < -0.3 is 5.32 Å². The molecule has 0 aliphatic rings. The Labute approximate surface area is 141 Å². The molecule has 3 aromatic rings. The first-order valence-electron chi connectivity index (χ1n) is 7.91. The predicted octanol–water partition coefficient (Wildman–Crippen LogP) is 3.31. The minimum absolute atomic E-state index is 0.150. The van der Waals surface area contributed by atoms with E-state index >= 15 is 0 Å². The smallest absolute Gasteiger partial charge is 0.254 e. The number of benzene rings is 2. The Morgan fingerprint density at radius 2 is 1.58 bits per heavy atom. The minimum atomic E-state index is -0.150. The van der Waals surface area contributed by atoms with E-state index in [1.165, 1.54) is 0 Å². The van der Waals surface area contributed by atoms with Gasteiger partial charge in [0, 0.05) is 19.2 Å². The van der Waals surface area contributed by atoms with Gasteiger partial charge in [0.1, 0.15) is 5.82 Å². The van der Waals surface area contributed by atoms with Gasteiger partial charge in [0.25, 0.3) is 5.91 Å². The van der Waals surface area contributed by atoms with Crippen LogP contribution >= 0.6 is 0 Å². The highest BCUT2D eigenvalue weighted by Gasteiger charge is 2.11. The first kappa shape index (κ1) is 15.9. The van der Waals surface area contributed by atoms with Gasteiger partial charge in [-0.25, -0.2) is 9.97 Å². The molecule has 0 aliphatic carbocycles. The molecule has 4 nitrogen and oxygen atoms in total. The zero-order chi connectivity index (χ0) is 16.8. The van der Waals surface area contributed by atoms with Crippen molar-refractivity contribution < 1.29 is 4.79 Å². The Balaban J connectivity index is 1.67. The summed E-state index contributed by atoms with van der Waals surface area (Å²) < 4.78 is 0. The van der Waals surface area contributed by atoms with E-state index in [4.69, 9.17) is 0 Å². The van der Waals surface area contributed by atoms with Crippen molar-refractivity contribution in [2.45, 2.75) is 19.9 Å². The number of hydrogen-bond acceptors (Lipinski definition) is 3. The summed E-state index contributed by atoms with van der Waals surface area (Å²) in [6, 6.07) is 19.9. The third-order valence-corrected chi connectivity index (χ3v) is 3.77. The molecule has 4 heteroatoms. The summed E-state index contributed by atoms with van der Waals surface area (Å²) in [5.41, 5.74) is 3.42. The number of amides is 1. The molecule has 3 rings (SSSR count). The number of nitrogens with zero attached hydrogens (tertiary/aromatic N) is 2. The molecule has 0 saturated carbocycles. The standard InChI is InChI=1S/C20H19N3O/c1-15-18(20(24)22-13-17-10-6-3-7-11-17)14-21-19(23-15)12-16-8-4-2-5-9-16/h2-11,14H,12-13H2,1H3,(H,22,24). The summed E-state index contributed by atoms with van der Waals surface area (Å²) in [7, 11) is 0. The minimum Gasteiger partial charge on any atom is -0.348 e. The average Bonchev–Trinajstić information content (AvgIpc) is 2.61. The third kappa shape index (κ3) is 4.04. The fraction of sp³-hybridized carbons (Fsp3) is 0.150. The number of carbonyl (C=O) groups excluding carboxylic acids is 1. The molecular weight excluding hydrogens is 298 g/mol. The predicted molar refractivity (Wildman–Crippen MR) is 93.6 cm³/mol. The van der Waals surface area contributed by atoms with Crippen LogP contribution in [0.15, 0.2) is 66.9 Å². The highest BCUT2D eigenvalue weighted by molar-refractivity contribution is 5.94. The van der Waals surface area contributed by atoms with Crippen LogP contribution in [-0.2, 0) is 13.0 Å². The number of aromatic nitrogens is 2. The second-order valence-corrected chi connectivity index (χ2v) is 5.62. The maximum Gasteiger partial charge on any atom is 0.254 e. The molecule has 0 fully saturated rings. The number of carbonyl (C=O) groups is 1. The normalized spacial score (nSPS) is 10.4. The van der Waals surface area contributed by atoms with E-state index in [2.05, 4.69) is 15.3 Å². The van der Waals surface area contributed by atoms with Crippen molar-refractivity contribution in [3.05, 3.63) is 95.1 Å². The van der Waals surface area contributed by atoms with E-state index in [9.17, 15) is 4.79 Å². The number of hydrogen-bond donors (Lipinski definition) is 1. The lowest BCUT2D eigenvalue weighted by Gasteiger charge is -2.08. The molecule has 1 N–H and O–H groups in total. The van der Waals surface area contributed by atoms with Gasteiger partial charge in [-0.2, -0.15) is 0 Å². The molecule has 0 atom stereocenters. The summed E-state index contributed by atoms with van der Waals surface area (Å²) in [5, 5.41) is 2.91. The summed E-state index contributed by atoms with van der Waals surface area (Å²) in [4.78, 5) is 21.1. The molecule has 1 heterocycles. The lowest BCUT2D eigenvalue weighted by Crippen LogP contribution is -2.24. The summed E-state index contributed by atoms with van der Waals surface area (Å²) in [6.45, 7) is 2.33. The molecule has 1 amide bonds. The molecule has 0 unspecified atom stereocenters. The van der Waals surface area contributed by atoms with Gasteiger partial charge in [0.15, 0.2) is 0 Å². The second-order valence-electron chi connectivity index (χ2n) is 5.62. The fourth-order valence-corrected chi connectivity index (χ4v) is 2.48. The largest absolute Gasteiger partial charge is 0.348 e. The van der Waals surface area contributed by atoms with Crippen molar-refractivity contribution in [2.75, 3.05) is 0 Å². The Morgan fingerprint density at radius 3 is 2.21 bits per heavy atom. The van der Waals surface area contributed by atoms with Crippen LogP contribution < -0.4 is 5.32 Å². The molecule has 0 saturated heterocycles. The zero-order valence-electron chi connectivity index (χ0n) is 13.6. The van der Waals surface area contributed by atoms with Gasteiger partial charge in [-0.05, 0) is 18.1 Å². The first-order valence-corrected chi connectivity index (χ1v) is 7.91. The number of rotatable bonds is 5. The molecule has 0 spiro atoms. The van der Waals surface area contributed by atoms with Gasteiger partial charge in [-0.1, -0.05) is 60.7 Å². The van der Waals surface area contributed by atoms with Crippen LogP contribution in [0.4, 0.5) is 0 Å². The van der Waals surface area contributed by atoms with Crippen LogP contribution in [0.1, 0.15) is 33.0 Å². The van der Waals surface area contributed by atoms with Gasteiger partial charge >= 0.3 is 0 Å². The number of aryl methyl sites for hydroxylation is 1. The molecule has 0 aliphatic heterocycles. The molecule has 2 aromatic carbocycles. The Hall–Kier alpha value is -3.01. The molecule has 0 bridgehead atoms. The summed E-state index contributed by atoms with van der Waals surface area (Å²) in [5.74, 6) is 0.570. The second kappa shape index (κ2) is 7.51. The van der Waals surface area contributed by atoms with Gasteiger partial charge in [-0.15, -0.1) is 0 Å². The average molecular weight is 317 g/mol. The maximum atomic E-state index is 12.3. The Morgan fingerprint density at radius 1 is 0.958 bits per heavy atom. The van der Waals surface area contributed by atoms with Crippen LogP contribution in [0, 0.1) is 6.92 Å². The van der Waals surface area contributed by atoms with Crippen molar-refractivity contribution in [1.29, 1.82) is 0 Å². The SMILES string of the molecule is Cc1nc(Cc2ccccc2)ncc1C(=O)NCc1ccccc1. The van der Waals surface area contributed by atoms with Gasteiger partial charge in [0.05, 0.1) is 11.3 Å². The lowest BCUT2D eigenvalue weighted by atomic mass is 10.1. The van der Waals surface area contributed by atoms with Crippen molar-refractivity contribution in [2.24, 2.45) is 0 Å². The Bertz CT molecular complexity index is 817. The van der Waals surface area contributed by atoms with E-state index in [1.807, 2.05) is 67.6 Å². The van der Waals surface area contributed by atoms with Crippen LogP contribution in [0.5, 0.6) is 0 Å². The van der Waals surface area contributed by atoms with Crippen LogP contribution in [0.2, 0.25) is 0 Å². The summed E-state index contributed by atoms with van der Waals surface area (Å²) in [6.07, 6.45) is 2.27. The van der Waals surface area contributed by atoms with Crippen molar-refractivity contribution >= 4 is 5.91 Å². The third-order valence-electron chi connectivity index (χ3n) is 3.77. The van der Waals surface area contributed by atoms with E-state index in [-0.39, 0.29) is 5.91 Å². The lowest BCUT2D eigenvalue weighted by molar-refractivity contribution is 0.0949. The summed E-state index contributed by atoms with van der Waals surface area (Å²) >= 11 is 0. The van der Waals surface area contributed by atoms with E-state index in [0.717, 1.165) is 17.0 Å². The van der Waals surface area contributed by atoms with E-state index < -0.39 is 0 Å². The Kier molecular flexibility index (Phi) is 4.96. The first-order chi connectivity index (χ1) is 11.7. The van der Waals surface area contributed by atoms with Crippen molar-refractivity contribution in [3.63, 3.8) is 0 Å². The molecule has 24 heavy (non-hydrogen) atoms. The number of nitrogens with one attached hydrogen (secondary N) is 1. The topological polar surface area (TPSA) is 54.9 Å². The molecule has 1 aromatic heterocycles. The van der Waals surface area contributed by atoms with Crippen molar-refractivity contribution in [1.82, 2.24) is 15.3 Å². The van der Waals surface area contributed by atoms with Crippen molar-refractivity contribution in [3.8, 4) is 0 Å². The highest BCUT2D eigenvalue weighted by atomic mass is 16.1. The maximum absolute atomic E-state index is 12.3. The quantitative estimate of drug-likeness (QED) is 0.785. The molecular formula is C20H19N3O. The van der Waals surface area contributed by atoms with Crippen LogP contribution in [0.25, 0.3) is 0 Å². The van der Waals surface area contributed by atoms with Crippen LogP contribution in [0.3, 0.4) is 0 Å². The fourth-order valence-electron chi connectivity index (χ4n) is 2.48. The van der Waals surface area contributed by atoms with Gasteiger partial charge in [0.2, 0.25) is 0 Å². The zero-order valence-corrected chi connectivity index (χ0v) is 13.6. The monoisotopic (exact) mass is 317 g/mol. The highest BCUT2D eigenvalue weighted by Crippen LogP contribution is 2.09. The molecule has 120 valence electrons. The molecule has 0 radical (unpaired) electrons. The van der Waals surface area contributed by atoms with E-state index in [1.54, 1.807) is 6.20 Å². The van der Waals surface area contributed by atoms with Crippen LogP contribution in [-0.4, -0.2) is 15.9 Å².